The van der Waals surface area contributed by atoms with Crippen LogP contribution in [0.1, 0.15) is 37.7 Å². The SMILES string of the molecule is COc1ccc(OCCCCCN2CCC(N(C)C3=Nc4ccccc4CS3)CC2)cc1.O=C(O)C=CC(=O)O. The first-order valence-corrected chi connectivity index (χ1v) is 14.5. The first-order chi connectivity index (χ1) is 19.4. The highest BCUT2D eigenvalue weighted by Crippen LogP contribution is 2.33. The lowest BCUT2D eigenvalue weighted by Crippen LogP contribution is -2.45. The molecule has 0 spiro atoms. The monoisotopic (exact) mass is 569 g/mol. The molecule has 2 aliphatic rings. The third-order valence-electron chi connectivity index (χ3n) is 6.79. The van der Waals surface area contributed by atoms with Gasteiger partial charge in [0.05, 0.1) is 19.4 Å². The number of fused-ring (bicyclic) bond motifs is 1. The van der Waals surface area contributed by atoms with Gasteiger partial charge in [-0.25, -0.2) is 14.6 Å². The summed E-state index contributed by atoms with van der Waals surface area (Å²) in [6.45, 7) is 4.35. The predicted octanol–water partition coefficient (Wildman–Crippen LogP) is 5.29. The fourth-order valence-electron chi connectivity index (χ4n) is 4.51. The zero-order chi connectivity index (χ0) is 28.7. The number of methoxy groups -OCH3 is 1. The van der Waals surface area contributed by atoms with E-state index in [1.807, 2.05) is 36.0 Å². The van der Waals surface area contributed by atoms with E-state index in [9.17, 15) is 9.59 Å². The van der Waals surface area contributed by atoms with E-state index in [2.05, 4.69) is 41.1 Å². The summed E-state index contributed by atoms with van der Waals surface area (Å²) in [7, 11) is 3.91. The zero-order valence-electron chi connectivity index (χ0n) is 23.2. The van der Waals surface area contributed by atoms with Gasteiger partial charge in [0.25, 0.3) is 0 Å². The molecule has 1 saturated heterocycles. The Bertz CT molecular complexity index is 1130. The van der Waals surface area contributed by atoms with Crippen molar-refractivity contribution in [3.63, 3.8) is 0 Å². The Morgan fingerprint density at radius 1 is 1.00 bits per heavy atom. The third-order valence-corrected chi connectivity index (χ3v) is 7.88. The van der Waals surface area contributed by atoms with Crippen molar-refractivity contribution < 1.29 is 29.3 Å². The highest BCUT2D eigenvalue weighted by atomic mass is 32.2. The number of rotatable bonds is 11. The van der Waals surface area contributed by atoms with E-state index in [1.54, 1.807) is 7.11 Å². The molecule has 2 aliphatic heterocycles. The number of carboxylic acids is 2. The van der Waals surface area contributed by atoms with Crippen LogP contribution < -0.4 is 9.47 Å². The van der Waals surface area contributed by atoms with E-state index in [1.165, 1.54) is 56.0 Å². The van der Waals surface area contributed by atoms with Gasteiger partial charge in [0.2, 0.25) is 0 Å². The van der Waals surface area contributed by atoms with Crippen LogP contribution in [0.5, 0.6) is 11.5 Å². The summed E-state index contributed by atoms with van der Waals surface area (Å²) in [5.74, 6) is 0.296. The molecule has 0 aromatic heterocycles. The summed E-state index contributed by atoms with van der Waals surface area (Å²) in [5.41, 5.74) is 2.49. The average Bonchev–Trinajstić information content (AvgIpc) is 2.98. The lowest BCUT2D eigenvalue weighted by molar-refractivity contribution is -0.134. The Kier molecular flexibility index (Phi) is 12.9. The molecule has 40 heavy (non-hydrogen) atoms. The number of carboxylic acid groups (broad SMARTS) is 2. The van der Waals surface area contributed by atoms with E-state index in [0.717, 1.165) is 36.0 Å². The topological polar surface area (TPSA) is 112 Å². The van der Waals surface area contributed by atoms with E-state index >= 15 is 0 Å². The Morgan fingerprint density at radius 3 is 2.30 bits per heavy atom. The number of aliphatic imine (C=N–C) groups is 1. The van der Waals surface area contributed by atoms with Crippen LogP contribution in [0.4, 0.5) is 5.69 Å². The maximum absolute atomic E-state index is 9.55. The summed E-state index contributed by atoms with van der Waals surface area (Å²) in [6, 6.07) is 16.9. The van der Waals surface area contributed by atoms with Crippen molar-refractivity contribution in [1.29, 1.82) is 0 Å². The van der Waals surface area contributed by atoms with Gasteiger partial charge in [-0.15, -0.1) is 0 Å². The van der Waals surface area contributed by atoms with Gasteiger partial charge in [0.15, 0.2) is 5.17 Å². The molecule has 0 radical (unpaired) electrons. The summed E-state index contributed by atoms with van der Waals surface area (Å²) in [4.78, 5) is 29.1. The Morgan fingerprint density at radius 2 is 1.65 bits per heavy atom. The molecule has 0 aliphatic carbocycles. The number of benzene rings is 2. The van der Waals surface area contributed by atoms with Gasteiger partial charge in [-0.2, -0.15) is 0 Å². The molecule has 0 atom stereocenters. The minimum atomic E-state index is -1.26. The zero-order valence-corrected chi connectivity index (χ0v) is 24.0. The number of hydrogen-bond donors (Lipinski definition) is 2. The first kappa shape index (κ1) is 31.0. The molecule has 10 heteroatoms. The first-order valence-electron chi connectivity index (χ1n) is 13.5. The summed E-state index contributed by atoms with van der Waals surface area (Å²) < 4.78 is 11.0. The minimum Gasteiger partial charge on any atom is -0.497 e. The standard InChI is InChI=1S/C26H35N3O2S.C4H4O4/c1-28(26-27-25-9-5-4-8-21(25)20-32-26)22-14-17-29(18-15-22)16-6-3-7-19-31-24-12-10-23(30-2)11-13-24;5-3(6)1-2-4(7)8/h4-5,8-13,22H,3,6-7,14-20H2,1-2H3;1-2H,(H,5,6)(H,7,8). The summed E-state index contributed by atoms with van der Waals surface area (Å²) in [5, 5.41) is 16.8. The van der Waals surface area contributed by atoms with Crippen molar-refractivity contribution in [3.8, 4) is 11.5 Å². The second-order valence-corrected chi connectivity index (χ2v) is 10.5. The molecular formula is C30H39N3O6S. The van der Waals surface area contributed by atoms with Gasteiger partial charge in [0.1, 0.15) is 11.5 Å². The number of para-hydroxylation sites is 1. The second kappa shape index (κ2) is 16.6. The van der Waals surface area contributed by atoms with Crippen LogP contribution in [0.25, 0.3) is 0 Å². The van der Waals surface area contributed by atoms with Gasteiger partial charge >= 0.3 is 11.9 Å². The van der Waals surface area contributed by atoms with Gasteiger partial charge in [-0.1, -0.05) is 30.0 Å². The second-order valence-electron chi connectivity index (χ2n) is 9.59. The number of thioether (sulfide) groups is 1. The molecule has 2 aromatic rings. The Labute approximate surface area is 240 Å². The van der Waals surface area contributed by atoms with Crippen LogP contribution in [-0.2, 0) is 15.3 Å². The lowest BCUT2D eigenvalue weighted by Gasteiger charge is -2.38. The molecular weight excluding hydrogens is 530 g/mol. The van der Waals surface area contributed by atoms with Crippen molar-refractivity contribution in [2.75, 3.05) is 40.4 Å². The number of hydrogen-bond acceptors (Lipinski definition) is 8. The fraction of sp³-hybridized carbons (Fsp3) is 0.433. The summed E-state index contributed by atoms with van der Waals surface area (Å²) >= 11 is 1.87. The normalized spacial score (nSPS) is 15.4. The van der Waals surface area contributed by atoms with Crippen LogP contribution >= 0.6 is 11.8 Å². The number of aliphatic carboxylic acids is 2. The van der Waals surface area contributed by atoms with Crippen LogP contribution in [-0.4, -0.2) is 83.6 Å². The van der Waals surface area contributed by atoms with Crippen molar-refractivity contribution in [1.82, 2.24) is 9.80 Å². The van der Waals surface area contributed by atoms with Crippen LogP contribution in [0, 0.1) is 0 Å². The Hall–Kier alpha value is -3.50. The average molecular weight is 570 g/mol. The molecule has 4 rings (SSSR count). The van der Waals surface area contributed by atoms with Crippen LogP contribution in [0.3, 0.4) is 0 Å². The van der Waals surface area contributed by atoms with Gasteiger partial charge < -0.3 is 29.5 Å². The van der Waals surface area contributed by atoms with E-state index in [4.69, 9.17) is 24.7 Å². The quantitative estimate of drug-likeness (QED) is 0.275. The molecule has 0 unspecified atom stereocenters. The predicted molar refractivity (Wildman–Crippen MR) is 159 cm³/mol. The number of likely N-dealkylation sites (tertiary alicyclic amines) is 1. The van der Waals surface area contributed by atoms with Gasteiger partial charge in [-0.05, 0) is 74.5 Å². The molecule has 9 nitrogen and oxygen atoms in total. The number of nitrogens with zero attached hydrogens (tertiary/aromatic N) is 3. The largest absolute Gasteiger partial charge is 0.497 e. The Balaban J connectivity index is 0.000000482. The molecule has 0 bridgehead atoms. The van der Waals surface area contributed by atoms with Crippen LogP contribution in [0.15, 0.2) is 65.7 Å². The van der Waals surface area contributed by atoms with Crippen molar-refractivity contribution in [2.45, 2.75) is 43.9 Å². The van der Waals surface area contributed by atoms with E-state index in [-0.39, 0.29) is 0 Å². The number of piperidine rings is 1. The smallest absolute Gasteiger partial charge is 0.328 e. The molecule has 0 amide bonds. The highest BCUT2D eigenvalue weighted by Gasteiger charge is 2.26. The van der Waals surface area contributed by atoms with Crippen LogP contribution in [0.2, 0.25) is 0 Å². The molecule has 2 aromatic carbocycles. The summed E-state index contributed by atoms with van der Waals surface area (Å²) in [6.07, 6.45) is 7.11. The number of ether oxygens (including phenoxy) is 2. The molecule has 2 N–H and O–H groups in total. The van der Waals surface area contributed by atoms with Crippen molar-refractivity contribution in [2.24, 2.45) is 4.99 Å². The lowest BCUT2D eigenvalue weighted by atomic mass is 10.0. The molecule has 0 saturated carbocycles. The molecule has 1 fully saturated rings. The molecule has 216 valence electrons. The number of unbranched alkanes of at least 4 members (excludes halogenated alkanes) is 2. The maximum atomic E-state index is 9.55. The van der Waals surface area contributed by atoms with Gasteiger partial charge in [-0.3, -0.25) is 0 Å². The minimum absolute atomic E-state index is 0.558. The molecule has 2 heterocycles. The highest BCUT2D eigenvalue weighted by molar-refractivity contribution is 8.13. The van der Waals surface area contributed by atoms with E-state index in [0.29, 0.717) is 18.2 Å². The number of carbonyl (C=O) groups is 2. The maximum Gasteiger partial charge on any atom is 0.328 e. The fourth-order valence-corrected chi connectivity index (χ4v) is 5.55. The van der Waals surface area contributed by atoms with Crippen molar-refractivity contribution >= 4 is 34.6 Å². The van der Waals surface area contributed by atoms with E-state index < -0.39 is 11.9 Å². The number of amidine groups is 1. The third kappa shape index (κ3) is 10.6. The van der Waals surface area contributed by atoms with Crippen molar-refractivity contribution in [3.05, 3.63) is 66.2 Å². The van der Waals surface area contributed by atoms with Gasteiger partial charge in [0, 0.05) is 44.1 Å².